The number of aromatic carboxylic acids is 1. The molecule has 0 aliphatic rings. The number of aromatic nitrogens is 1. The van der Waals surface area contributed by atoms with Crippen molar-refractivity contribution in [3.63, 3.8) is 0 Å². The molecular weight excluding hydrogens is 308 g/mol. The number of benzene rings is 1. The largest absolute Gasteiger partial charge is 0.478 e. The molecule has 0 bridgehead atoms. The van der Waals surface area contributed by atoms with Crippen LogP contribution in [0.2, 0.25) is 0 Å². The van der Waals surface area contributed by atoms with E-state index in [1.54, 1.807) is 36.2 Å². The van der Waals surface area contributed by atoms with E-state index in [1.807, 2.05) is 20.8 Å². The van der Waals surface area contributed by atoms with Crippen LogP contribution < -0.4 is 0 Å². The van der Waals surface area contributed by atoms with Gasteiger partial charge in [0, 0.05) is 25.1 Å². The van der Waals surface area contributed by atoms with Crippen molar-refractivity contribution in [1.29, 1.82) is 0 Å². The third-order valence-corrected chi connectivity index (χ3v) is 4.11. The average molecular weight is 330 g/mol. The van der Waals surface area contributed by atoms with Crippen molar-refractivity contribution in [1.82, 2.24) is 10.1 Å². The Bertz CT molecular complexity index is 714. The van der Waals surface area contributed by atoms with Crippen molar-refractivity contribution in [2.24, 2.45) is 5.92 Å². The Morgan fingerprint density at radius 2 is 1.88 bits per heavy atom. The lowest BCUT2D eigenvalue weighted by atomic mass is 9.98. The van der Waals surface area contributed by atoms with Gasteiger partial charge in [0.05, 0.1) is 11.3 Å². The lowest BCUT2D eigenvalue weighted by molar-refractivity contribution is -0.134. The average Bonchev–Trinajstić information content (AvgIpc) is 2.86. The smallest absolute Gasteiger partial charge is 0.335 e. The van der Waals surface area contributed by atoms with Gasteiger partial charge in [-0.05, 0) is 38.0 Å². The van der Waals surface area contributed by atoms with Crippen molar-refractivity contribution < 1.29 is 19.2 Å². The van der Waals surface area contributed by atoms with Gasteiger partial charge in [-0.25, -0.2) is 4.79 Å². The van der Waals surface area contributed by atoms with E-state index in [4.69, 9.17) is 9.63 Å². The molecule has 0 aliphatic heterocycles. The second-order valence-electron chi connectivity index (χ2n) is 6.10. The summed E-state index contributed by atoms with van der Waals surface area (Å²) < 4.78 is 5.14. The van der Waals surface area contributed by atoms with Gasteiger partial charge in [-0.1, -0.05) is 24.2 Å². The van der Waals surface area contributed by atoms with Gasteiger partial charge in [-0.2, -0.15) is 0 Å². The normalized spacial score (nSPS) is 12.0. The summed E-state index contributed by atoms with van der Waals surface area (Å²) in [5, 5.41) is 12.8. The summed E-state index contributed by atoms with van der Waals surface area (Å²) in [7, 11) is 1.75. The van der Waals surface area contributed by atoms with Crippen molar-refractivity contribution in [2.75, 3.05) is 7.05 Å². The van der Waals surface area contributed by atoms with Gasteiger partial charge in [0.1, 0.15) is 5.76 Å². The molecule has 0 radical (unpaired) electrons. The topological polar surface area (TPSA) is 83.6 Å². The maximum atomic E-state index is 12.6. The summed E-state index contributed by atoms with van der Waals surface area (Å²) in [5.41, 5.74) is 2.93. The van der Waals surface area contributed by atoms with Crippen LogP contribution >= 0.6 is 0 Å². The lowest BCUT2D eigenvalue weighted by Gasteiger charge is -2.21. The number of carboxylic acid groups (broad SMARTS) is 1. The van der Waals surface area contributed by atoms with Crippen LogP contribution in [0.3, 0.4) is 0 Å². The summed E-state index contributed by atoms with van der Waals surface area (Å²) in [6, 6.07) is 6.55. The summed E-state index contributed by atoms with van der Waals surface area (Å²) in [6.07, 6.45) is 0.586. The first-order valence-electron chi connectivity index (χ1n) is 7.78. The molecule has 0 saturated carbocycles. The van der Waals surface area contributed by atoms with Crippen LogP contribution in [-0.2, 0) is 17.8 Å². The van der Waals surface area contributed by atoms with Crippen molar-refractivity contribution in [3.8, 4) is 0 Å². The first-order chi connectivity index (χ1) is 11.3. The number of amides is 1. The molecule has 1 aromatic heterocycles. The minimum atomic E-state index is -0.959. The standard InChI is InChI=1S/C18H22N2O4/c1-11(9-16-12(2)19-24-13(16)3)17(21)20(4)10-14-5-7-15(8-6-14)18(22)23/h5-8,11H,9-10H2,1-4H3,(H,22,23). The first-order valence-corrected chi connectivity index (χ1v) is 7.78. The molecule has 1 aromatic carbocycles. The zero-order valence-corrected chi connectivity index (χ0v) is 14.4. The summed E-state index contributed by atoms with van der Waals surface area (Å²) in [5.74, 6) is -0.375. The molecule has 0 fully saturated rings. The van der Waals surface area contributed by atoms with Gasteiger partial charge in [0.25, 0.3) is 0 Å². The Labute approximate surface area is 141 Å². The second-order valence-corrected chi connectivity index (χ2v) is 6.10. The van der Waals surface area contributed by atoms with Crippen LogP contribution in [0.1, 0.15) is 39.9 Å². The zero-order valence-electron chi connectivity index (χ0n) is 14.4. The molecule has 1 amide bonds. The summed E-state index contributed by atoms with van der Waals surface area (Å²) in [4.78, 5) is 25.1. The highest BCUT2D eigenvalue weighted by Gasteiger charge is 2.21. The van der Waals surface area contributed by atoms with E-state index >= 15 is 0 Å². The van der Waals surface area contributed by atoms with Crippen LogP contribution in [0.5, 0.6) is 0 Å². The van der Waals surface area contributed by atoms with Gasteiger partial charge in [0.2, 0.25) is 5.91 Å². The highest BCUT2D eigenvalue weighted by atomic mass is 16.5. The van der Waals surface area contributed by atoms with Crippen LogP contribution in [0.15, 0.2) is 28.8 Å². The highest BCUT2D eigenvalue weighted by molar-refractivity contribution is 5.87. The molecular formula is C18H22N2O4. The SMILES string of the molecule is Cc1noc(C)c1CC(C)C(=O)N(C)Cc1ccc(C(=O)O)cc1. The maximum Gasteiger partial charge on any atom is 0.335 e. The third-order valence-electron chi connectivity index (χ3n) is 4.11. The molecule has 6 heteroatoms. The molecule has 2 aromatic rings. The molecule has 6 nitrogen and oxygen atoms in total. The lowest BCUT2D eigenvalue weighted by Crippen LogP contribution is -2.32. The van der Waals surface area contributed by atoms with Gasteiger partial charge in [-0.3, -0.25) is 4.79 Å². The minimum absolute atomic E-state index is 0.0253. The molecule has 1 heterocycles. The number of hydrogen-bond acceptors (Lipinski definition) is 4. The van der Waals surface area contributed by atoms with Gasteiger partial charge >= 0.3 is 5.97 Å². The van der Waals surface area contributed by atoms with E-state index in [9.17, 15) is 9.59 Å². The monoisotopic (exact) mass is 330 g/mol. The van der Waals surface area contributed by atoms with E-state index in [0.717, 1.165) is 22.6 Å². The van der Waals surface area contributed by atoms with Crippen LogP contribution in [0.4, 0.5) is 0 Å². The number of carboxylic acids is 1. The predicted octanol–water partition coefficient (Wildman–Crippen LogP) is 2.83. The number of carbonyl (C=O) groups is 2. The maximum absolute atomic E-state index is 12.6. The number of hydrogen-bond donors (Lipinski definition) is 1. The molecule has 2 rings (SSSR count). The van der Waals surface area contributed by atoms with Crippen molar-refractivity contribution in [2.45, 2.75) is 33.7 Å². The zero-order chi connectivity index (χ0) is 17.9. The van der Waals surface area contributed by atoms with E-state index in [1.165, 1.54) is 0 Å². The van der Waals surface area contributed by atoms with E-state index < -0.39 is 5.97 Å². The number of rotatable bonds is 6. The molecule has 0 spiro atoms. The number of nitrogens with zero attached hydrogens (tertiary/aromatic N) is 2. The van der Waals surface area contributed by atoms with E-state index in [0.29, 0.717) is 13.0 Å². The summed E-state index contributed by atoms with van der Waals surface area (Å²) in [6.45, 7) is 6.04. The molecule has 24 heavy (non-hydrogen) atoms. The molecule has 0 saturated heterocycles. The first kappa shape index (κ1) is 17.7. The number of carbonyl (C=O) groups excluding carboxylic acids is 1. The molecule has 0 aliphatic carbocycles. The Morgan fingerprint density at radius 1 is 1.25 bits per heavy atom. The molecule has 128 valence electrons. The Balaban J connectivity index is 1.99. The molecule has 1 atom stereocenters. The second kappa shape index (κ2) is 7.29. The van der Waals surface area contributed by atoms with Crippen LogP contribution in [0.25, 0.3) is 0 Å². The van der Waals surface area contributed by atoms with Gasteiger partial charge < -0.3 is 14.5 Å². The quantitative estimate of drug-likeness (QED) is 0.880. The van der Waals surface area contributed by atoms with Crippen molar-refractivity contribution >= 4 is 11.9 Å². The van der Waals surface area contributed by atoms with Gasteiger partial charge in [0.15, 0.2) is 0 Å². The third kappa shape index (κ3) is 4.01. The highest BCUT2D eigenvalue weighted by Crippen LogP contribution is 2.19. The predicted molar refractivity (Wildman–Crippen MR) is 88.7 cm³/mol. The van der Waals surface area contributed by atoms with E-state index in [2.05, 4.69) is 5.16 Å². The van der Waals surface area contributed by atoms with Crippen LogP contribution in [-0.4, -0.2) is 34.1 Å². The summed E-state index contributed by atoms with van der Waals surface area (Å²) >= 11 is 0. The van der Waals surface area contributed by atoms with E-state index in [-0.39, 0.29) is 17.4 Å². The minimum Gasteiger partial charge on any atom is -0.478 e. The van der Waals surface area contributed by atoms with Crippen molar-refractivity contribution in [3.05, 3.63) is 52.4 Å². The Morgan fingerprint density at radius 3 is 2.38 bits per heavy atom. The number of aryl methyl sites for hydroxylation is 2. The Hall–Kier alpha value is -2.63. The fourth-order valence-electron chi connectivity index (χ4n) is 2.67. The van der Waals surface area contributed by atoms with Crippen LogP contribution in [0, 0.1) is 19.8 Å². The molecule has 1 unspecified atom stereocenters. The fourth-order valence-corrected chi connectivity index (χ4v) is 2.67. The Kier molecular flexibility index (Phi) is 5.39. The fraction of sp³-hybridized carbons (Fsp3) is 0.389. The molecule has 1 N–H and O–H groups in total. The van der Waals surface area contributed by atoms with Gasteiger partial charge in [-0.15, -0.1) is 0 Å².